The van der Waals surface area contributed by atoms with E-state index < -0.39 is 0 Å². The predicted molar refractivity (Wildman–Crippen MR) is 76.1 cm³/mol. The highest BCUT2D eigenvalue weighted by Gasteiger charge is 2.12. The lowest BCUT2D eigenvalue weighted by molar-refractivity contribution is 0.277. The topological polar surface area (TPSA) is 62.3 Å². The summed E-state index contributed by atoms with van der Waals surface area (Å²) < 4.78 is 13.7. The smallest absolute Gasteiger partial charge is 0.175 e. The summed E-state index contributed by atoms with van der Waals surface area (Å²) in [6, 6.07) is 5.71. The van der Waals surface area contributed by atoms with E-state index in [4.69, 9.17) is 15.2 Å². The highest BCUT2D eigenvalue weighted by Crippen LogP contribution is 2.37. The van der Waals surface area contributed by atoms with Gasteiger partial charge in [-0.1, -0.05) is 0 Å². The number of aryl methyl sites for hydroxylation is 1. The van der Waals surface area contributed by atoms with Gasteiger partial charge in [0.25, 0.3) is 0 Å². The maximum atomic E-state index is 5.77. The molecule has 102 valence electrons. The molecule has 0 fully saturated rings. The monoisotopic (exact) mass is 325 g/mol. The molecule has 2 aromatic rings. The van der Waals surface area contributed by atoms with Crippen molar-refractivity contribution in [2.75, 3.05) is 7.11 Å². The van der Waals surface area contributed by atoms with Crippen LogP contribution in [0.25, 0.3) is 0 Å². The quantitative estimate of drug-likeness (QED) is 0.915. The highest BCUT2D eigenvalue weighted by molar-refractivity contribution is 9.10. The number of nitrogens with zero attached hydrogens (tertiary/aromatic N) is 2. The molecule has 1 aromatic heterocycles. The maximum Gasteiger partial charge on any atom is 0.175 e. The average molecular weight is 326 g/mol. The van der Waals surface area contributed by atoms with Gasteiger partial charge in [-0.25, -0.2) is 0 Å². The minimum absolute atomic E-state index is 0.387. The fourth-order valence-corrected chi connectivity index (χ4v) is 2.32. The molecule has 0 aliphatic carbocycles. The van der Waals surface area contributed by atoms with E-state index in [9.17, 15) is 0 Å². The minimum Gasteiger partial charge on any atom is -0.493 e. The molecule has 6 heteroatoms. The summed E-state index contributed by atoms with van der Waals surface area (Å²) in [7, 11) is 3.48. The largest absolute Gasteiger partial charge is 0.493 e. The normalized spacial score (nSPS) is 10.5. The number of hydrogen-bond acceptors (Lipinski definition) is 4. The SMILES string of the molecule is COc1cc(CN)cc(Br)c1OCc1ccn(C)n1. The molecule has 0 saturated heterocycles. The van der Waals surface area contributed by atoms with Crippen molar-refractivity contribution in [3.8, 4) is 11.5 Å². The molecular weight excluding hydrogens is 310 g/mol. The molecule has 5 nitrogen and oxygen atoms in total. The second-order valence-electron chi connectivity index (χ2n) is 4.08. The van der Waals surface area contributed by atoms with Gasteiger partial charge in [-0.3, -0.25) is 4.68 Å². The van der Waals surface area contributed by atoms with Gasteiger partial charge >= 0.3 is 0 Å². The number of nitrogens with two attached hydrogens (primary N) is 1. The van der Waals surface area contributed by atoms with Gasteiger partial charge in [-0.2, -0.15) is 5.10 Å². The summed E-state index contributed by atoms with van der Waals surface area (Å²) in [6.45, 7) is 0.841. The molecule has 1 aromatic carbocycles. The molecule has 1 heterocycles. The van der Waals surface area contributed by atoms with Crippen LogP contribution in [0, 0.1) is 0 Å². The van der Waals surface area contributed by atoms with Crippen molar-refractivity contribution in [3.63, 3.8) is 0 Å². The third-order valence-electron chi connectivity index (χ3n) is 2.66. The average Bonchev–Trinajstić information content (AvgIpc) is 2.82. The van der Waals surface area contributed by atoms with Crippen LogP contribution in [-0.4, -0.2) is 16.9 Å². The Labute approximate surface area is 120 Å². The van der Waals surface area contributed by atoms with E-state index in [0.29, 0.717) is 24.7 Å². The van der Waals surface area contributed by atoms with Gasteiger partial charge in [0.15, 0.2) is 11.5 Å². The summed E-state index contributed by atoms with van der Waals surface area (Å²) in [6.07, 6.45) is 1.88. The summed E-state index contributed by atoms with van der Waals surface area (Å²) in [5, 5.41) is 4.26. The molecule has 0 aliphatic heterocycles. The number of ether oxygens (including phenoxy) is 2. The molecule has 0 spiro atoms. The Balaban J connectivity index is 2.19. The second-order valence-corrected chi connectivity index (χ2v) is 4.94. The van der Waals surface area contributed by atoms with Gasteiger partial charge in [-0.05, 0) is 39.7 Å². The molecule has 0 atom stereocenters. The molecule has 0 bridgehead atoms. The van der Waals surface area contributed by atoms with Gasteiger partial charge < -0.3 is 15.2 Å². The molecule has 0 radical (unpaired) electrons. The van der Waals surface area contributed by atoms with E-state index in [2.05, 4.69) is 21.0 Å². The first-order valence-corrected chi connectivity index (χ1v) is 6.61. The number of benzene rings is 1. The van der Waals surface area contributed by atoms with E-state index in [1.165, 1.54) is 0 Å². The molecule has 2 rings (SSSR count). The first kappa shape index (κ1) is 13.9. The lowest BCUT2D eigenvalue weighted by atomic mass is 10.2. The van der Waals surface area contributed by atoms with Gasteiger partial charge in [0.1, 0.15) is 6.61 Å². The van der Waals surface area contributed by atoms with Crippen molar-refractivity contribution in [1.29, 1.82) is 0 Å². The van der Waals surface area contributed by atoms with Crippen LogP contribution in [0.5, 0.6) is 11.5 Å². The summed E-state index contributed by atoms with van der Waals surface area (Å²) in [5.41, 5.74) is 7.47. The van der Waals surface area contributed by atoms with Crippen molar-refractivity contribution < 1.29 is 9.47 Å². The zero-order valence-corrected chi connectivity index (χ0v) is 12.5. The number of aromatic nitrogens is 2. The van der Waals surface area contributed by atoms with Gasteiger partial charge in [0.05, 0.1) is 17.3 Å². The van der Waals surface area contributed by atoms with E-state index >= 15 is 0 Å². The van der Waals surface area contributed by atoms with Crippen LogP contribution >= 0.6 is 15.9 Å². The first-order chi connectivity index (χ1) is 9.13. The number of rotatable bonds is 5. The first-order valence-electron chi connectivity index (χ1n) is 5.82. The highest BCUT2D eigenvalue weighted by atomic mass is 79.9. The Morgan fingerprint density at radius 3 is 2.79 bits per heavy atom. The summed E-state index contributed by atoms with van der Waals surface area (Å²) >= 11 is 3.47. The number of hydrogen-bond donors (Lipinski definition) is 1. The van der Waals surface area contributed by atoms with E-state index in [1.807, 2.05) is 31.4 Å². The maximum absolute atomic E-state index is 5.77. The van der Waals surface area contributed by atoms with Gasteiger partial charge in [-0.15, -0.1) is 0 Å². The second kappa shape index (κ2) is 6.08. The number of methoxy groups -OCH3 is 1. The summed E-state index contributed by atoms with van der Waals surface area (Å²) in [5.74, 6) is 1.32. The number of halogens is 1. The van der Waals surface area contributed by atoms with Crippen molar-refractivity contribution in [3.05, 3.63) is 40.1 Å². The summed E-state index contributed by atoms with van der Waals surface area (Å²) in [4.78, 5) is 0. The Kier molecular flexibility index (Phi) is 4.44. The van der Waals surface area contributed by atoms with Crippen LogP contribution in [-0.2, 0) is 20.2 Å². The molecule has 2 N–H and O–H groups in total. The molecule has 0 saturated carbocycles. The van der Waals surface area contributed by atoms with Crippen LogP contribution in [0.15, 0.2) is 28.9 Å². The van der Waals surface area contributed by atoms with Gasteiger partial charge in [0.2, 0.25) is 0 Å². The molecule has 19 heavy (non-hydrogen) atoms. The Hall–Kier alpha value is -1.53. The fourth-order valence-electron chi connectivity index (χ4n) is 1.72. The third kappa shape index (κ3) is 3.27. The fraction of sp³-hybridized carbons (Fsp3) is 0.308. The van der Waals surface area contributed by atoms with Crippen LogP contribution < -0.4 is 15.2 Å². The van der Waals surface area contributed by atoms with Crippen molar-refractivity contribution in [1.82, 2.24) is 9.78 Å². The van der Waals surface area contributed by atoms with Crippen molar-refractivity contribution in [2.24, 2.45) is 12.8 Å². The van der Waals surface area contributed by atoms with E-state index in [0.717, 1.165) is 15.7 Å². The van der Waals surface area contributed by atoms with Crippen LogP contribution in [0.3, 0.4) is 0 Å². The molecule has 0 amide bonds. The van der Waals surface area contributed by atoms with Crippen LogP contribution in [0.1, 0.15) is 11.3 Å². The Morgan fingerprint density at radius 2 is 2.21 bits per heavy atom. The molecule has 0 unspecified atom stereocenters. The van der Waals surface area contributed by atoms with Crippen LogP contribution in [0.2, 0.25) is 0 Å². The van der Waals surface area contributed by atoms with Crippen molar-refractivity contribution >= 4 is 15.9 Å². The standard InChI is InChI=1S/C13H16BrN3O2/c1-17-4-3-10(16-17)8-19-13-11(14)5-9(7-15)6-12(13)18-2/h3-6H,7-8,15H2,1-2H3. The van der Waals surface area contributed by atoms with Crippen molar-refractivity contribution in [2.45, 2.75) is 13.2 Å². The zero-order chi connectivity index (χ0) is 13.8. The minimum atomic E-state index is 0.387. The third-order valence-corrected chi connectivity index (χ3v) is 3.25. The molecular formula is C13H16BrN3O2. The zero-order valence-electron chi connectivity index (χ0n) is 10.9. The lowest BCUT2D eigenvalue weighted by Crippen LogP contribution is -2.02. The lowest BCUT2D eigenvalue weighted by Gasteiger charge is -2.13. The Bertz CT molecular complexity index is 569. The van der Waals surface area contributed by atoms with E-state index in [1.54, 1.807) is 11.8 Å². The molecule has 0 aliphatic rings. The predicted octanol–water partition coefficient (Wildman–Crippen LogP) is 2.23. The van der Waals surface area contributed by atoms with E-state index in [-0.39, 0.29) is 0 Å². The Morgan fingerprint density at radius 1 is 1.42 bits per heavy atom. The van der Waals surface area contributed by atoms with Crippen LogP contribution in [0.4, 0.5) is 0 Å². The van der Waals surface area contributed by atoms with Gasteiger partial charge in [0, 0.05) is 19.8 Å².